The Hall–Kier alpha value is -1.92. The van der Waals surface area contributed by atoms with Crippen molar-refractivity contribution in [2.24, 2.45) is 0 Å². The Bertz CT molecular complexity index is 563. The van der Waals surface area contributed by atoms with Crippen LogP contribution in [0.15, 0.2) is 24.3 Å². The van der Waals surface area contributed by atoms with Crippen molar-refractivity contribution in [3.63, 3.8) is 0 Å². The van der Waals surface area contributed by atoms with Crippen molar-refractivity contribution in [2.45, 2.75) is 6.42 Å². The zero-order valence-corrected chi connectivity index (χ0v) is 12.0. The van der Waals surface area contributed by atoms with E-state index in [4.69, 9.17) is 21.1 Å². The maximum atomic E-state index is 5.78. The molecule has 0 saturated carbocycles. The molecule has 6 nitrogen and oxygen atoms in total. The molecule has 0 radical (unpaired) electrons. The molecule has 1 aromatic heterocycles. The normalized spacial score (nSPS) is 10.3. The highest BCUT2D eigenvalue weighted by Crippen LogP contribution is 2.20. The summed E-state index contributed by atoms with van der Waals surface area (Å²) in [6.45, 7) is 0.689. The quantitative estimate of drug-likeness (QED) is 0.883. The van der Waals surface area contributed by atoms with Gasteiger partial charge in [0.2, 0.25) is 11.2 Å². The number of nitrogens with zero attached hydrogens (tertiary/aromatic N) is 3. The van der Waals surface area contributed by atoms with Crippen LogP contribution < -0.4 is 10.1 Å². The Balaban J connectivity index is 2.07. The Kier molecular flexibility index (Phi) is 5.09. The predicted molar refractivity (Wildman–Crippen MR) is 76.5 cm³/mol. The van der Waals surface area contributed by atoms with Gasteiger partial charge >= 0.3 is 6.01 Å². The highest BCUT2D eigenvalue weighted by atomic mass is 35.5. The first-order valence-corrected chi connectivity index (χ1v) is 6.44. The average molecular weight is 295 g/mol. The van der Waals surface area contributed by atoms with E-state index < -0.39 is 0 Å². The molecular weight excluding hydrogens is 280 g/mol. The lowest BCUT2D eigenvalue weighted by Gasteiger charge is -2.06. The van der Waals surface area contributed by atoms with Gasteiger partial charge in [-0.3, -0.25) is 0 Å². The molecule has 0 unspecified atom stereocenters. The number of nitrogens with one attached hydrogen (secondary N) is 1. The second-order valence-electron chi connectivity index (χ2n) is 3.95. The fourth-order valence-corrected chi connectivity index (χ4v) is 1.69. The third-order valence-corrected chi connectivity index (χ3v) is 2.71. The maximum Gasteiger partial charge on any atom is 0.328 e. The van der Waals surface area contributed by atoms with E-state index in [-0.39, 0.29) is 11.3 Å². The van der Waals surface area contributed by atoms with E-state index in [0.717, 1.165) is 6.42 Å². The lowest BCUT2D eigenvalue weighted by atomic mass is 10.1. The van der Waals surface area contributed by atoms with E-state index in [1.54, 1.807) is 14.2 Å². The SMILES string of the molecule is CNc1nc(Cl)nc(Oc2ccc(CCOC)cc2)n1. The summed E-state index contributed by atoms with van der Waals surface area (Å²) < 4.78 is 10.6. The van der Waals surface area contributed by atoms with Crippen LogP contribution in [-0.2, 0) is 11.2 Å². The van der Waals surface area contributed by atoms with Crippen molar-refractivity contribution in [3.8, 4) is 11.8 Å². The first-order valence-electron chi connectivity index (χ1n) is 6.06. The minimum absolute atomic E-state index is 0.0797. The Morgan fingerprint density at radius 2 is 1.90 bits per heavy atom. The van der Waals surface area contributed by atoms with Gasteiger partial charge in [-0.25, -0.2) is 0 Å². The molecule has 0 spiro atoms. The van der Waals surface area contributed by atoms with Crippen LogP contribution >= 0.6 is 11.6 Å². The summed E-state index contributed by atoms with van der Waals surface area (Å²) in [4.78, 5) is 11.8. The second-order valence-corrected chi connectivity index (χ2v) is 4.29. The van der Waals surface area contributed by atoms with Crippen LogP contribution in [0.3, 0.4) is 0 Å². The monoisotopic (exact) mass is 294 g/mol. The standard InChI is InChI=1S/C13H15ClN4O2/c1-15-12-16-11(14)17-13(18-12)20-10-5-3-9(4-6-10)7-8-19-2/h3-6H,7-8H2,1-2H3,(H,15,16,17,18). The van der Waals surface area contributed by atoms with Gasteiger partial charge in [-0.05, 0) is 35.7 Å². The first kappa shape index (κ1) is 14.5. The van der Waals surface area contributed by atoms with Crippen LogP contribution in [0, 0.1) is 0 Å². The largest absolute Gasteiger partial charge is 0.424 e. The Morgan fingerprint density at radius 1 is 1.15 bits per heavy atom. The summed E-state index contributed by atoms with van der Waals surface area (Å²) in [7, 11) is 3.38. The lowest BCUT2D eigenvalue weighted by Crippen LogP contribution is -2.01. The highest BCUT2D eigenvalue weighted by Gasteiger charge is 2.06. The Morgan fingerprint density at radius 3 is 2.55 bits per heavy atom. The smallest absolute Gasteiger partial charge is 0.328 e. The molecule has 0 atom stereocenters. The van der Waals surface area contributed by atoms with E-state index in [1.807, 2.05) is 24.3 Å². The lowest BCUT2D eigenvalue weighted by molar-refractivity contribution is 0.202. The number of hydrogen-bond acceptors (Lipinski definition) is 6. The van der Waals surface area contributed by atoms with Crippen LogP contribution in [0.5, 0.6) is 11.8 Å². The number of aromatic nitrogens is 3. The maximum absolute atomic E-state index is 5.78. The van der Waals surface area contributed by atoms with Gasteiger partial charge in [0.15, 0.2) is 0 Å². The molecule has 0 bridgehead atoms. The van der Waals surface area contributed by atoms with Gasteiger partial charge < -0.3 is 14.8 Å². The number of benzene rings is 1. The number of ether oxygens (including phenoxy) is 2. The summed E-state index contributed by atoms with van der Waals surface area (Å²) in [6, 6.07) is 7.79. The third kappa shape index (κ3) is 4.04. The van der Waals surface area contributed by atoms with Gasteiger partial charge in [-0.15, -0.1) is 0 Å². The summed E-state index contributed by atoms with van der Waals surface area (Å²) in [5.41, 5.74) is 1.17. The molecule has 1 aromatic carbocycles. The zero-order chi connectivity index (χ0) is 14.4. The van der Waals surface area contributed by atoms with Crippen molar-refractivity contribution in [1.82, 2.24) is 15.0 Å². The van der Waals surface area contributed by atoms with E-state index >= 15 is 0 Å². The van der Waals surface area contributed by atoms with Gasteiger partial charge in [0.1, 0.15) is 5.75 Å². The van der Waals surface area contributed by atoms with Gasteiger partial charge in [0, 0.05) is 14.2 Å². The van der Waals surface area contributed by atoms with Gasteiger partial charge in [0.05, 0.1) is 6.61 Å². The molecule has 0 fully saturated rings. The van der Waals surface area contributed by atoms with Crippen LogP contribution in [-0.4, -0.2) is 35.7 Å². The third-order valence-electron chi connectivity index (χ3n) is 2.54. The number of halogens is 1. The Labute approximate surface area is 122 Å². The molecule has 20 heavy (non-hydrogen) atoms. The number of hydrogen-bond donors (Lipinski definition) is 1. The topological polar surface area (TPSA) is 69.2 Å². The summed E-state index contributed by atoms with van der Waals surface area (Å²) in [5, 5.41) is 2.87. The molecular formula is C13H15ClN4O2. The molecule has 0 aliphatic heterocycles. The molecule has 0 aliphatic carbocycles. The van der Waals surface area contributed by atoms with Crippen molar-refractivity contribution in [1.29, 1.82) is 0 Å². The molecule has 0 aliphatic rings. The first-order chi connectivity index (χ1) is 9.71. The fourth-order valence-electron chi connectivity index (χ4n) is 1.54. The second kappa shape index (κ2) is 7.02. The van der Waals surface area contributed by atoms with E-state index in [0.29, 0.717) is 18.3 Å². The van der Waals surface area contributed by atoms with Crippen molar-refractivity contribution >= 4 is 17.5 Å². The van der Waals surface area contributed by atoms with E-state index in [9.17, 15) is 0 Å². The van der Waals surface area contributed by atoms with E-state index in [1.165, 1.54) is 5.56 Å². The molecule has 1 heterocycles. The molecule has 7 heteroatoms. The van der Waals surface area contributed by atoms with E-state index in [2.05, 4.69) is 20.3 Å². The van der Waals surface area contributed by atoms with Gasteiger partial charge in [-0.1, -0.05) is 12.1 Å². The van der Waals surface area contributed by atoms with Crippen molar-refractivity contribution < 1.29 is 9.47 Å². The van der Waals surface area contributed by atoms with Crippen molar-refractivity contribution in [3.05, 3.63) is 35.1 Å². The van der Waals surface area contributed by atoms with Gasteiger partial charge in [0.25, 0.3) is 0 Å². The van der Waals surface area contributed by atoms with Crippen molar-refractivity contribution in [2.75, 3.05) is 26.1 Å². The zero-order valence-electron chi connectivity index (χ0n) is 11.3. The fraction of sp³-hybridized carbons (Fsp3) is 0.308. The van der Waals surface area contributed by atoms with Crippen LogP contribution in [0.25, 0.3) is 0 Å². The number of rotatable bonds is 6. The average Bonchev–Trinajstić information content (AvgIpc) is 2.46. The van der Waals surface area contributed by atoms with Gasteiger partial charge in [-0.2, -0.15) is 15.0 Å². The number of anilines is 1. The molecule has 0 saturated heterocycles. The summed E-state index contributed by atoms with van der Waals surface area (Å²) in [5.74, 6) is 0.993. The minimum Gasteiger partial charge on any atom is -0.424 e. The summed E-state index contributed by atoms with van der Waals surface area (Å²) in [6.07, 6.45) is 0.859. The van der Waals surface area contributed by atoms with Crippen LogP contribution in [0.2, 0.25) is 5.28 Å². The molecule has 1 N–H and O–H groups in total. The van der Waals surface area contributed by atoms with Crippen LogP contribution in [0.1, 0.15) is 5.56 Å². The predicted octanol–water partition coefficient (Wildman–Crippen LogP) is 2.55. The van der Waals surface area contributed by atoms with Crippen LogP contribution in [0.4, 0.5) is 5.95 Å². The molecule has 0 amide bonds. The molecule has 2 rings (SSSR count). The highest BCUT2D eigenvalue weighted by molar-refractivity contribution is 6.28. The molecule has 106 valence electrons. The number of methoxy groups -OCH3 is 1. The minimum atomic E-state index is 0.0797. The summed E-state index contributed by atoms with van der Waals surface area (Å²) >= 11 is 5.78. The molecule has 2 aromatic rings.